The third-order valence-corrected chi connectivity index (χ3v) is 3.74. The van der Waals surface area contributed by atoms with E-state index >= 15 is 0 Å². The molecule has 2 rings (SSSR count). The molecule has 2 heterocycles. The SMILES string of the molecule is COC1(C(=O)N(CCO)Cc2ncc[nH]2)CCNCC1.Cl.Cl. The minimum Gasteiger partial charge on any atom is -0.395 e. The van der Waals surface area contributed by atoms with Crippen LogP contribution < -0.4 is 5.32 Å². The number of aromatic nitrogens is 2. The number of hydrogen-bond donors (Lipinski definition) is 3. The first-order valence-corrected chi connectivity index (χ1v) is 6.86. The second kappa shape index (κ2) is 10.0. The third kappa shape index (κ3) is 4.82. The van der Waals surface area contributed by atoms with E-state index in [9.17, 15) is 9.90 Å². The lowest BCUT2D eigenvalue weighted by atomic mass is 9.90. The number of H-pyrrole nitrogens is 1. The number of aromatic amines is 1. The van der Waals surface area contributed by atoms with E-state index in [2.05, 4.69) is 15.3 Å². The van der Waals surface area contributed by atoms with Gasteiger partial charge < -0.3 is 25.0 Å². The Morgan fingerprint density at radius 1 is 1.45 bits per heavy atom. The fraction of sp³-hybridized carbons (Fsp3) is 0.692. The predicted octanol–water partition coefficient (Wildman–Crippen LogP) is 0.343. The molecule has 0 radical (unpaired) electrons. The van der Waals surface area contributed by atoms with Crippen molar-refractivity contribution in [1.82, 2.24) is 20.2 Å². The molecule has 1 aromatic heterocycles. The molecule has 7 nitrogen and oxygen atoms in total. The Morgan fingerprint density at radius 3 is 2.64 bits per heavy atom. The van der Waals surface area contributed by atoms with Crippen LogP contribution in [0.3, 0.4) is 0 Å². The highest BCUT2D eigenvalue weighted by Crippen LogP contribution is 2.25. The Hall–Kier alpha value is -0.860. The van der Waals surface area contributed by atoms with Gasteiger partial charge in [0.25, 0.3) is 5.91 Å². The van der Waals surface area contributed by atoms with E-state index in [1.165, 1.54) is 0 Å². The first-order valence-electron chi connectivity index (χ1n) is 6.86. The molecule has 0 bridgehead atoms. The number of carbonyl (C=O) groups is 1. The molecular weight excluding hydrogens is 331 g/mol. The smallest absolute Gasteiger partial charge is 0.255 e. The monoisotopic (exact) mass is 354 g/mol. The van der Waals surface area contributed by atoms with Crippen molar-refractivity contribution in [3.05, 3.63) is 18.2 Å². The number of halogens is 2. The summed E-state index contributed by atoms with van der Waals surface area (Å²) in [6.45, 7) is 2.06. The number of methoxy groups -OCH3 is 1. The second-order valence-electron chi connectivity index (χ2n) is 4.93. The van der Waals surface area contributed by atoms with E-state index in [0.717, 1.165) is 13.1 Å². The number of nitrogens with zero attached hydrogens (tertiary/aromatic N) is 2. The van der Waals surface area contributed by atoms with E-state index in [4.69, 9.17) is 4.74 Å². The predicted molar refractivity (Wildman–Crippen MR) is 87.4 cm³/mol. The van der Waals surface area contributed by atoms with Crippen molar-refractivity contribution in [2.75, 3.05) is 33.4 Å². The van der Waals surface area contributed by atoms with Crippen LogP contribution in [0, 0.1) is 0 Å². The van der Waals surface area contributed by atoms with Crippen LogP contribution in [0.4, 0.5) is 0 Å². The Bertz CT molecular complexity index is 425. The molecule has 0 unspecified atom stereocenters. The first kappa shape index (κ1) is 21.1. The van der Waals surface area contributed by atoms with Crippen LogP contribution >= 0.6 is 24.8 Å². The van der Waals surface area contributed by atoms with E-state index in [0.29, 0.717) is 25.2 Å². The number of amides is 1. The van der Waals surface area contributed by atoms with Gasteiger partial charge in [-0.25, -0.2) is 4.98 Å². The third-order valence-electron chi connectivity index (χ3n) is 3.74. The quantitative estimate of drug-likeness (QED) is 0.685. The zero-order chi connectivity index (χ0) is 14.4. The van der Waals surface area contributed by atoms with Crippen molar-refractivity contribution in [1.29, 1.82) is 0 Å². The summed E-state index contributed by atoms with van der Waals surface area (Å²) in [6, 6.07) is 0. The molecule has 0 atom stereocenters. The average Bonchev–Trinajstić information content (AvgIpc) is 3.00. The van der Waals surface area contributed by atoms with Crippen molar-refractivity contribution in [3.63, 3.8) is 0 Å². The van der Waals surface area contributed by atoms with Gasteiger partial charge in [-0.1, -0.05) is 0 Å². The zero-order valence-corrected chi connectivity index (χ0v) is 14.2. The maximum atomic E-state index is 12.8. The van der Waals surface area contributed by atoms with Crippen molar-refractivity contribution in [3.8, 4) is 0 Å². The number of ether oxygens (including phenoxy) is 1. The van der Waals surface area contributed by atoms with Gasteiger partial charge >= 0.3 is 0 Å². The van der Waals surface area contributed by atoms with E-state index < -0.39 is 5.60 Å². The molecule has 0 saturated carbocycles. The summed E-state index contributed by atoms with van der Waals surface area (Å²) < 4.78 is 5.54. The minimum atomic E-state index is -0.785. The summed E-state index contributed by atoms with van der Waals surface area (Å²) in [6.07, 6.45) is 4.64. The van der Waals surface area contributed by atoms with Gasteiger partial charge in [-0.15, -0.1) is 24.8 Å². The van der Waals surface area contributed by atoms with Crippen molar-refractivity contribution < 1.29 is 14.6 Å². The number of carbonyl (C=O) groups excluding carboxylic acids is 1. The summed E-state index contributed by atoms with van der Waals surface area (Å²) in [5, 5.41) is 12.4. The number of hydrogen-bond acceptors (Lipinski definition) is 5. The van der Waals surface area contributed by atoms with Crippen molar-refractivity contribution in [2.24, 2.45) is 0 Å². The lowest BCUT2D eigenvalue weighted by Gasteiger charge is -2.38. The van der Waals surface area contributed by atoms with Crippen LogP contribution in [-0.2, 0) is 16.1 Å². The van der Waals surface area contributed by atoms with Crippen LogP contribution in [0.25, 0.3) is 0 Å². The Morgan fingerprint density at radius 2 is 2.14 bits per heavy atom. The van der Waals surface area contributed by atoms with Gasteiger partial charge in [0.1, 0.15) is 11.4 Å². The number of aliphatic hydroxyl groups excluding tert-OH is 1. The van der Waals surface area contributed by atoms with Gasteiger partial charge in [0.2, 0.25) is 0 Å². The van der Waals surface area contributed by atoms with Gasteiger partial charge in [0.15, 0.2) is 0 Å². The Kier molecular flexibility index (Phi) is 9.63. The molecule has 3 N–H and O–H groups in total. The van der Waals surface area contributed by atoms with Gasteiger partial charge in [-0.3, -0.25) is 4.79 Å². The van der Waals surface area contributed by atoms with Crippen LogP contribution in [0.1, 0.15) is 18.7 Å². The molecule has 1 fully saturated rings. The highest BCUT2D eigenvalue weighted by atomic mass is 35.5. The molecule has 128 valence electrons. The fourth-order valence-electron chi connectivity index (χ4n) is 2.56. The van der Waals surface area contributed by atoms with Gasteiger partial charge in [-0.2, -0.15) is 0 Å². The number of nitrogens with one attached hydrogen (secondary N) is 2. The normalized spacial score (nSPS) is 16.3. The highest BCUT2D eigenvalue weighted by Gasteiger charge is 2.42. The Balaban J connectivity index is 0.00000220. The molecule has 1 saturated heterocycles. The summed E-state index contributed by atoms with van der Waals surface area (Å²) in [5.74, 6) is 0.624. The van der Waals surface area contributed by atoms with Gasteiger partial charge in [0, 0.05) is 26.0 Å². The lowest BCUT2D eigenvalue weighted by Crippen LogP contribution is -2.55. The van der Waals surface area contributed by atoms with Crippen LogP contribution in [-0.4, -0.2) is 64.8 Å². The van der Waals surface area contributed by atoms with Crippen LogP contribution in [0.15, 0.2) is 12.4 Å². The zero-order valence-electron chi connectivity index (χ0n) is 12.6. The molecule has 1 amide bonds. The molecule has 1 aromatic rings. The van der Waals surface area contributed by atoms with Crippen molar-refractivity contribution in [2.45, 2.75) is 25.0 Å². The van der Waals surface area contributed by atoms with Crippen LogP contribution in [0.5, 0.6) is 0 Å². The van der Waals surface area contributed by atoms with Crippen LogP contribution in [0.2, 0.25) is 0 Å². The Labute approximate surface area is 142 Å². The summed E-state index contributed by atoms with van der Waals surface area (Å²) in [4.78, 5) is 21.5. The number of rotatable bonds is 6. The van der Waals surface area contributed by atoms with E-state index in [1.807, 2.05) is 0 Å². The molecular formula is C13H24Cl2N4O3. The van der Waals surface area contributed by atoms with Gasteiger partial charge in [-0.05, 0) is 25.9 Å². The standard InChI is InChI=1S/C13H22N4O3.2ClH/c1-20-13(2-4-14-5-3-13)12(19)17(8-9-18)10-11-15-6-7-16-11;;/h6-7,14,18H,2-5,8-10H2,1H3,(H,15,16);2*1H. The first-order chi connectivity index (χ1) is 9.72. The molecule has 0 aromatic carbocycles. The second-order valence-corrected chi connectivity index (χ2v) is 4.93. The molecule has 1 aliphatic heterocycles. The van der Waals surface area contributed by atoms with E-state index in [1.54, 1.807) is 24.4 Å². The van der Waals surface area contributed by atoms with Crippen molar-refractivity contribution >= 4 is 30.7 Å². The summed E-state index contributed by atoms with van der Waals surface area (Å²) in [7, 11) is 1.58. The number of piperidine rings is 1. The van der Waals surface area contributed by atoms with Gasteiger partial charge in [0.05, 0.1) is 13.2 Å². The maximum absolute atomic E-state index is 12.8. The molecule has 1 aliphatic rings. The molecule has 22 heavy (non-hydrogen) atoms. The number of imidazole rings is 1. The molecule has 0 spiro atoms. The van der Waals surface area contributed by atoms with E-state index in [-0.39, 0.29) is 43.9 Å². The summed E-state index contributed by atoms with van der Waals surface area (Å²) >= 11 is 0. The summed E-state index contributed by atoms with van der Waals surface area (Å²) in [5.41, 5.74) is -0.785. The minimum absolute atomic E-state index is 0. The molecule has 0 aliphatic carbocycles. The number of aliphatic hydroxyl groups is 1. The highest BCUT2D eigenvalue weighted by molar-refractivity contribution is 5.86. The largest absolute Gasteiger partial charge is 0.395 e. The topological polar surface area (TPSA) is 90.5 Å². The molecule has 9 heteroatoms. The fourth-order valence-corrected chi connectivity index (χ4v) is 2.56. The lowest BCUT2D eigenvalue weighted by molar-refractivity contribution is -0.159. The maximum Gasteiger partial charge on any atom is 0.255 e. The average molecular weight is 355 g/mol.